The zero-order valence-corrected chi connectivity index (χ0v) is 9.76. The molecule has 0 unspecified atom stereocenters. The van der Waals surface area contributed by atoms with Gasteiger partial charge in [-0.15, -0.1) is 0 Å². The van der Waals surface area contributed by atoms with Crippen molar-refractivity contribution < 1.29 is 4.79 Å². The molecule has 0 saturated heterocycles. The zero-order valence-electron chi connectivity index (χ0n) is 9.76. The zero-order chi connectivity index (χ0) is 10.4. The predicted octanol–water partition coefficient (Wildman–Crippen LogP) is 3.67. The van der Waals surface area contributed by atoms with Gasteiger partial charge in [-0.1, -0.05) is 41.0 Å². The second kappa shape index (κ2) is 6.17. The van der Waals surface area contributed by atoms with Crippen molar-refractivity contribution in [1.82, 2.24) is 0 Å². The number of ketones is 1. The van der Waals surface area contributed by atoms with Gasteiger partial charge in [-0.2, -0.15) is 0 Å². The third-order valence-corrected chi connectivity index (χ3v) is 2.36. The molecule has 0 saturated carbocycles. The Morgan fingerprint density at radius 1 is 1.15 bits per heavy atom. The van der Waals surface area contributed by atoms with E-state index in [1.807, 2.05) is 13.8 Å². The van der Waals surface area contributed by atoms with E-state index < -0.39 is 0 Å². The monoisotopic (exact) mass is 184 g/mol. The highest BCUT2D eigenvalue weighted by Crippen LogP contribution is 2.21. The van der Waals surface area contributed by atoms with Crippen molar-refractivity contribution in [3.63, 3.8) is 0 Å². The maximum atomic E-state index is 11.8. The molecule has 0 bridgehead atoms. The smallest absolute Gasteiger partial charge is 0.138 e. The lowest BCUT2D eigenvalue weighted by Crippen LogP contribution is -2.21. The van der Waals surface area contributed by atoms with Gasteiger partial charge < -0.3 is 0 Å². The summed E-state index contributed by atoms with van der Waals surface area (Å²) in [7, 11) is 0. The number of hydrogen-bond donors (Lipinski definition) is 0. The average Bonchev–Trinajstić information content (AvgIpc) is 2.01. The van der Waals surface area contributed by atoms with Crippen molar-refractivity contribution in [1.29, 1.82) is 0 Å². The quantitative estimate of drug-likeness (QED) is 0.615. The van der Waals surface area contributed by atoms with Gasteiger partial charge in [0, 0.05) is 11.8 Å². The van der Waals surface area contributed by atoms with Crippen LogP contribution in [-0.4, -0.2) is 5.78 Å². The summed E-state index contributed by atoms with van der Waals surface area (Å²) in [6, 6.07) is 0. The molecular weight excluding hydrogens is 160 g/mol. The van der Waals surface area contributed by atoms with Crippen LogP contribution in [0.2, 0.25) is 0 Å². The Labute approximate surface area is 82.9 Å². The Balaban J connectivity index is 4.15. The average molecular weight is 184 g/mol. The number of Topliss-reactive ketones (excluding diaryl/α,β-unsaturated/α-hetero) is 1. The Morgan fingerprint density at radius 2 is 1.69 bits per heavy atom. The van der Waals surface area contributed by atoms with E-state index in [9.17, 15) is 4.79 Å². The molecule has 0 radical (unpaired) electrons. The molecule has 0 rings (SSSR count). The highest BCUT2D eigenvalue weighted by Gasteiger charge is 2.20. The molecule has 0 aromatic rings. The standard InChI is InChI=1S/C12H24O/c1-6-7-11(8-9(2)3)12(13)10(4)5/h9-11H,6-8H2,1-5H3/t11-/m0/s1. The number of carbonyl (C=O) groups excluding carboxylic acids is 1. The van der Waals surface area contributed by atoms with Crippen LogP contribution in [0.4, 0.5) is 0 Å². The van der Waals surface area contributed by atoms with Gasteiger partial charge >= 0.3 is 0 Å². The van der Waals surface area contributed by atoms with Crippen LogP contribution in [0.1, 0.15) is 53.9 Å². The highest BCUT2D eigenvalue weighted by molar-refractivity contribution is 5.82. The summed E-state index contributed by atoms with van der Waals surface area (Å²) in [4.78, 5) is 11.8. The van der Waals surface area contributed by atoms with Crippen LogP contribution in [0.25, 0.3) is 0 Å². The maximum absolute atomic E-state index is 11.8. The molecule has 0 aliphatic heterocycles. The molecule has 0 amide bonds. The van der Waals surface area contributed by atoms with Crippen LogP contribution in [-0.2, 0) is 4.79 Å². The lowest BCUT2D eigenvalue weighted by Gasteiger charge is -2.18. The summed E-state index contributed by atoms with van der Waals surface area (Å²) in [5, 5.41) is 0. The second-order valence-corrected chi connectivity index (χ2v) is 4.67. The van der Waals surface area contributed by atoms with E-state index in [-0.39, 0.29) is 5.92 Å². The predicted molar refractivity (Wildman–Crippen MR) is 57.7 cm³/mol. The van der Waals surface area contributed by atoms with E-state index in [0.717, 1.165) is 19.3 Å². The topological polar surface area (TPSA) is 17.1 Å². The molecule has 0 fully saturated rings. The molecule has 1 atom stereocenters. The molecular formula is C12H24O. The molecule has 13 heavy (non-hydrogen) atoms. The first kappa shape index (κ1) is 12.7. The Kier molecular flexibility index (Phi) is 6.02. The fourth-order valence-electron chi connectivity index (χ4n) is 1.77. The molecule has 1 heteroatoms. The van der Waals surface area contributed by atoms with Gasteiger partial charge in [0.2, 0.25) is 0 Å². The maximum Gasteiger partial charge on any atom is 0.138 e. The Hall–Kier alpha value is -0.330. The summed E-state index contributed by atoms with van der Waals surface area (Å²) in [5.41, 5.74) is 0. The molecule has 0 N–H and O–H groups in total. The SMILES string of the molecule is CCC[C@@H](CC(C)C)C(=O)C(C)C. The number of hydrogen-bond acceptors (Lipinski definition) is 1. The molecule has 0 aliphatic rings. The third-order valence-electron chi connectivity index (χ3n) is 2.36. The fourth-order valence-corrected chi connectivity index (χ4v) is 1.77. The van der Waals surface area contributed by atoms with Crippen molar-refractivity contribution in [2.45, 2.75) is 53.9 Å². The van der Waals surface area contributed by atoms with Gasteiger partial charge in [0.1, 0.15) is 5.78 Å². The van der Waals surface area contributed by atoms with E-state index in [2.05, 4.69) is 20.8 Å². The number of carbonyl (C=O) groups is 1. The minimum absolute atomic E-state index is 0.204. The lowest BCUT2D eigenvalue weighted by molar-refractivity contribution is -0.126. The summed E-state index contributed by atoms with van der Waals surface area (Å²) < 4.78 is 0. The van der Waals surface area contributed by atoms with Crippen LogP contribution in [0, 0.1) is 17.8 Å². The fraction of sp³-hybridized carbons (Fsp3) is 0.917. The van der Waals surface area contributed by atoms with Gasteiger partial charge in [0.05, 0.1) is 0 Å². The molecule has 0 heterocycles. The van der Waals surface area contributed by atoms with Gasteiger partial charge in [0.25, 0.3) is 0 Å². The summed E-state index contributed by atoms with van der Waals surface area (Å²) in [5.74, 6) is 1.61. The molecule has 78 valence electrons. The molecule has 0 aromatic carbocycles. The van der Waals surface area contributed by atoms with Crippen LogP contribution < -0.4 is 0 Å². The first-order chi connectivity index (χ1) is 5.99. The molecule has 0 aliphatic carbocycles. The third kappa shape index (κ3) is 5.07. The first-order valence-corrected chi connectivity index (χ1v) is 5.52. The van der Waals surface area contributed by atoms with E-state index in [0.29, 0.717) is 17.6 Å². The van der Waals surface area contributed by atoms with E-state index in [1.165, 1.54) is 0 Å². The molecule has 0 spiro atoms. The largest absolute Gasteiger partial charge is 0.299 e. The van der Waals surface area contributed by atoms with Crippen LogP contribution >= 0.6 is 0 Å². The minimum atomic E-state index is 0.204. The first-order valence-electron chi connectivity index (χ1n) is 5.52. The van der Waals surface area contributed by atoms with Gasteiger partial charge in [-0.3, -0.25) is 4.79 Å². The van der Waals surface area contributed by atoms with Gasteiger partial charge in [0.15, 0.2) is 0 Å². The van der Waals surface area contributed by atoms with Crippen molar-refractivity contribution >= 4 is 5.78 Å². The van der Waals surface area contributed by atoms with Crippen LogP contribution in [0.5, 0.6) is 0 Å². The van der Waals surface area contributed by atoms with E-state index in [1.54, 1.807) is 0 Å². The van der Waals surface area contributed by atoms with E-state index >= 15 is 0 Å². The van der Waals surface area contributed by atoms with Gasteiger partial charge in [-0.05, 0) is 18.8 Å². The summed E-state index contributed by atoms with van der Waals surface area (Å²) in [6.45, 7) is 10.5. The van der Waals surface area contributed by atoms with Gasteiger partial charge in [-0.25, -0.2) is 0 Å². The van der Waals surface area contributed by atoms with Crippen molar-refractivity contribution in [3.05, 3.63) is 0 Å². The van der Waals surface area contributed by atoms with Crippen LogP contribution in [0.3, 0.4) is 0 Å². The van der Waals surface area contributed by atoms with Crippen LogP contribution in [0.15, 0.2) is 0 Å². The van der Waals surface area contributed by atoms with Crippen molar-refractivity contribution in [2.24, 2.45) is 17.8 Å². The molecule has 1 nitrogen and oxygen atoms in total. The molecule has 0 aromatic heterocycles. The minimum Gasteiger partial charge on any atom is -0.299 e. The normalized spacial score (nSPS) is 13.8. The summed E-state index contributed by atoms with van der Waals surface area (Å²) >= 11 is 0. The summed E-state index contributed by atoms with van der Waals surface area (Å²) in [6.07, 6.45) is 3.25. The van der Waals surface area contributed by atoms with E-state index in [4.69, 9.17) is 0 Å². The highest BCUT2D eigenvalue weighted by atomic mass is 16.1. The van der Waals surface area contributed by atoms with Crippen molar-refractivity contribution in [3.8, 4) is 0 Å². The number of rotatable bonds is 6. The van der Waals surface area contributed by atoms with Crippen molar-refractivity contribution in [2.75, 3.05) is 0 Å². The Bertz CT molecular complexity index is 147. The Morgan fingerprint density at radius 3 is 2.00 bits per heavy atom. The lowest BCUT2D eigenvalue weighted by atomic mass is 9.85. The second-order valence-electron chi connectivity index (χ2n) is 4.67.